The molecule has 4 aromatic rings. The highest BCUT2D eigenvalue weighted by Crippen LogP contribution is 2.32. The van der Waals surface area contributed by atoms with Gasteiger partial charge in [-0.3, -0.25) is 9.59 Å². The molecule has 0 radical (unpaired) electrons. The molecule has 2 aromatic carbocycles. The van der Waals surface area contributed by atoms with Gasteiger partial charge in [-0.25, -0.2) is 9.07 Å². The van der Waals surface area contributed by atoms with Crippen LogP contribution in [0.15, 0.2) is 53.3 Å². The Labute approximate surface area is 158 Å². The summed E-state index contributed by atoms with van der Waals surface area (Å²) in [5.41, 5.74) is 0.713. The minimum atomic E-state index is -0.845. The molecule has 0 saturated carbocycles. The Balaban J connectivity index is 1.78. The third-order valence-corrected chi connectivity index (χ3v) is 5.72. The number of thiophene rings is 1. The summed E-state index contributed by atoms with van der Waals surface area (Å²) >= 11 is 1.52. The number of anilines is 1. The van der Waals surface area contributed by atoms with Crippen LogP contribution in [-0.4, -0.2) is 15.7 Å². The number of nitrogens with zero attached hydrogens (tertiary/aromatic N) is 2. The van der Waals surface area contributed by atoms with Crippen LogP contribution in [0.25, 0.3) is 20.2 Å². The molecule has 7 heteroatoms. The SMILES string of the molecule is Cc1nn([C@@H](C)C(=O)Nc2cccc(F)c2)c(=O)c2c1sc1ccccc12. The fourth-order valence-electron chi connectivity index (χ4n) is 3.07. The predicted molar refractivity (Wildman–Crippen MR) is 106 cm³/mol. The van der Waals surface area contributed by atoms with Crippen LogP contribution in [0.3, 0.4) is 0 Å². The quantitative estimate of drug-likeness (QED) is 0.577. The normalized spacial score (nSPS) is 12.4. The Kier molecular flexibility index (Phi) is 4.24. The lowest BCUT2D eigenvalue weighted by Gasteiger charge is -2.15. The number of benzene rings is 2. The zero-order chi connectivity index (χ0) is 19.1. The summed E-state index contributed by atoms with van der Waals surface area (Å²) in [5.74, 6) is -0.883. The molecule has 2 heterocycles. The number of carbonyl (C=O) groups excluding carboxylic acids is 1. The van der Waals surface area contributed by atoms with E-state index in [1.165, 1.54) is 34.2 Å². The molecule has 0 saturated heterocycles. The van der Waals surface area contributed by atoms with Gasteiger partial charge in [-0.05, 0) is 38.1 Å². The van der Waals surface area contributed by atoms with Crippen molar-refractivity contribution >= 4 is 43.1 Å². The highest BCUT2D eigenvalue weighted by atomic mass is 32.1. The number of hydrogen-bond donors (Lipinski definition) is 1. The van der Waals surface area contributed by atoms with Gasteiger partial charge in [0.2, 0.25) is 5.91 Å². The van der Waals surface area contributed by atoms with E-state index >= 15 is 0 Å². The topological polar surface area (TPSA) is 64.0 Å². The molecule has 1 amide bonds. The summed E-state index contributed by atoms with van der Waals surface area (Å²) in [4.78, 5) is 25.7. The average molecular weight is 381 g/mol. The molecule has 4 rings (SSSR count). The van der Waals surface area contributed by atoms with Crippen molar-refractivity contribution in [1.82, 2.24) is 9.78 Å². The van der Waals surface area contributed by atoms with E-state index in [9.17, 15) is 14.0 Å². The maximum absolute atomic E-state index is 13.3. The number of aromatic nitrogens is 2. The smallest absolute Gasteiger partial charge is 0.276 e. The molecular formula is C20H16FN3O2S. The Morgan fingerprint density at radius 2 is 2.00 bits per heavy atom. The van der Waals surface area contributed by atoms with Crippen LogP contribution in [0, 0.1) is 12.7 Å². The summed E-state index contributed by atoms with van der Waals surface area (Å²) in [7, 11) is 0. The molecule has 0 bridgehead atoms. The van der Waals surface area contributed by atoms with Gasteiger partial charge in [0.05, 0.1) is 15.8 Å². The van der Waals surface area contributed by atoms with E-state index in [2.05, 4.69) is 10.4 Å². The number of nitrogens with one attached hydrogen (secondary N) is 1. The zero-order valence-electron chi connectivity index (χ0n) is 14.7. The number of carbonyl (C=O) groups is 1. The van der Waals surface area contributed by atoms with E-state index < -0.39 is 17.8 Å². The van der Waals surface area contributed by atoms with Gasteiger partial charge in [0.25, 0.3) is 5.56 Å². The van der Waals surface area contributed by atoms with Crippen molar-refractivity contribution in [3.8, 4) is 0 Å². The van der Waals surface area contributed by atoms with Gasteiger partial charge in [0.15, 0.2) is 0 Å². The Morgan fingerprint density at radius 3 is 2.78 bits per heavy atom. The highest BCUT2D eigenvalue weighted by Gasteiger charge is 2.22. The van der Waals surface area contributed by atoms with Crippen LogP contribution >= 0.6 is 11.3 Å². The van der Waals surface area contributed by atoms with Crippen LogP contribution in [0.5, 0.6) is 0 Å². The minimum Gasteiger partial charge on any atom is -0.324 e. The van der Waals surface area contributed by atoms with Crippen molar-refractivity contribution < 1.29 is 9.18 Å². The first kappa shape index (κ1) is 17.4. The monoisotopic (exact) mass is 381 g/mol. The maximum Gasteiger partial charge on any atom is 0.276 e. The lowest BCUT2D eigenvalue weighted by Crippen LogP contribution is -2.33. The number of halogens is 1. The molecule has 0 aliphatic rings. The van der Waals surface area contributed by atoms with Gasteiger partial charge < -0.3 is 5.32 Å². The summed E-state index contributed by atoms with van der Waals surface area (Å²) in [6.45, 7) is 3.42. The van der Waals surface area contributed by atoms with Gasteiger partial charge in [0, 0.05) is 15.8 Å². The van der Waals surface area contributed by atoms with Crippen molar-refractivity contribution in [2.75, 3.05) is 5.32 Å². The lowest BCUT2D eigenvalue weighted by molar-refractivity contribution is -0.119. The van der Waals surface area contributed by atoms with E-state index in [0.29, 0.717) is 16.8 Å². The Bertz CT molecular complexity index is 1250. The van der Waals surface area contributed by atoms with Crippen LogP contribution in [0.1, 0.15) is 18.7 Å². The van der Waals surface area contributed by atoms with Gasteiger partial charge in [-0.1, -0.05) is 24.3 Å². The summed E-state index contributed by atoms with van der Waals surface area (Å²) in [5, 5.41) is 8.42. The number of hydrogen-bond acceptors (Lipinski definition) is 4. The van der Waals surface area contributed by atoms with Crippen molar-refractivity contribution in [1.29, 1.82) is 0 Å². The third kappa shape index (κ3) is 3.00. The molecule has 5 nitrogen and oxygen atoms in total. The molecule has 0 unspecified atom stereocenters. The summed E-state index contributed by atoms with van der Waals surface area (Å²) in [6, 6.07) is 12.4. The first-order valence-corrected chi connectivity index (χ1v) is 9.24. The molecule has 2 aromatic heterocycles. The summed E-state index contributed by atoms with van der Waals surface area (Å²) < 4.78 is 16.4. The lowest BCUT2D eigenvalue weighted by atomic mass is 10.2. The molecule has 27 heavy (non-hydrogen) atoms. The minimum absolute atomic E-state index is 0.310. The number of fused-ring (bicyclic) bond motifs is 3. The fourth-order valence-corrected chi connectivity index (χ4v) is 4.20. The summed E-state index contributed by atoms with van der Waals surface area (Å²) in [6.07, 6.45) is 0. The molecule has 0 aliphatic heterocycles. The van der Waals surface area contributed by atoms with Crippen LogP contribution in [0.4, 0.5) is 10.1 Å². The Hall–Kier alpha value is -3.06. The third-order valence-electron chi connectivity index (χ3n) is 4.44. The van der Waals surface area contributed by atoms with Crippen molar-refractivity contribution in [3.63, 3.8) is 0 Å². The second-order valence-corrected chi connectivity index (χ2v) is 7.37. The molecule has 0 fully saturated rings. The van der Waals surface area contributed by atoms with Gasteiger partial charge in [-0.15, -0.1) is 11.3 Å². The van der Waals surface area contributed by atoms with Gasteiger partial charge in [0.1, 0.15) is 11.9 Å². The first-order chi connectivity index (χ1) is 13.0. The second kappa shape index (κ2) is 6.59. The van der Waals surface area contributed by atoms with E-state index in [0.717, 1.165) is 14.8 Å². The van der Waals surface area contributed by atoms with Gasteiger partial charge >= 0.3 is 0 Å². The van der Waals surface area contributed by atoms with Crippen molar-refractivity contribution in [2.45, 2.75) is 19.9 Å². The average Bonchev–Trinajstić information content (AvgIpc) is 3.04. The van der Waals surface area contributed by atoms with Crippen LogP contribution < -0.4 is 10.9 Å². The molecule has 1 atom stereocenters. The highest BCUT2D eigenvalue weighted by molar-refractivity contribution is 7.26. The second-order valence-electron chi connectivity index (χ2n) is 6.31. The number of aryl methyl sites for hydroxylation is 1. The van der Waals surface area contributed by atoms with Gasteiger partial charge in [-0.2, -0.15) is 5.10 Å². The Morgan fingerprint density at radius 1 is 1.22 bits per heavy atom. The van der Waals surface area contributed by atoms with Crippen LogP contribution in [-0.2, 0) is 4.79 Å². The standard InChI is InChI=1S/C20H16FN3O2S/c1-11-18-17(15-8-3-4-9-16(15)27-18)20(26)24(23-11)12(2)19(25)22-14-7-5-6-13(21)10-14/h3-10,12H,1-2H3,(H,22,25)/t12-/m0/s1. The van der Waals surface area contributed by atoms with E-state index in [4.69, 9.17) is 0 Å². The molecule has 0 spiro atoms. The van der Waals surface area contributed by atoms with Crippen molar-refractivity contribution in [2.24, 2.45) is 0 Å². The van der Waals surface area contributed by atoms with E-state index in [1.807, 2.05) is 31.2 Å². The zero-order valence-corrected chi connectivity index (χ0v) is 15.5. The first-order valence-electron chi connectivity index (χ1n) is 8.43. The molecule has 136 valence electrons. The largest absolute Gasteiger partial charge is 0.324 e. The predicted octanol–water partition coefficient (Wildman–Crippen LogP) is 4.26. The fraction of sp³-hybridized carbons (Fsp3) is 0.150. The molecule has 1 N–H and O–H groups in total. The maximum atomic E-state index is 13.3. The number of rotatable bonds is 3. The van der Waals surface area contributed by atoms with Crippen molar-refractivity contribution in [3.05, 3.63) is 70.4 Å². The van der Waals surface area contributed by atoms with Crippen LogP contribution in [0.2, 0.25) is 0 Å². The number of amides is 1. The van der Waals surface area contributed by atoms with E-state index in [-0.39, 0.29) is 5.56 Å². The van der Waals surface area contributed by atoms with E-state index in [1.54, 1.807) is 13.0 Å². The molecule has 0 aliphatic carbocycles. The molecular weight excluding hydrogens is 365 g/mol.